The summed E-state index contributed by atoms with van der Waals surface area (Å²) in [6, 6.07) is 10.1. The molecule has 0 heterocycles. The maximum absolute atomic E-state index is 12.3. The van der Waals surface area contributed by atoms with Gasteiger partial charge in [0, 0.05) is 11.6 Å². The van der Waals surface area contributed by atoms with Crippen LogP contribution in [0.25, 0.3) is 0 Å². The predicted octanol–water partition coefficient (Wildman–Crippen LogP) is 4.27. The summed E-state index contributed by atoms with van der Waals surface area (Å²) in [6.07, 6.45) is 0. The minimum absolute atomic E-state index is 0.000972. The van der Waals surface area contributed by atoms with E-state index >= 15 is 0 Å². The Hall–Kier alpha value is -2.53. The molecule has 0 spiro atoms. The van der Waals surface area contributed by atoms with Crippen molar-refractivity contribution in [2.75, 3.05) is 19.5 Å². The number of hydrogen-bond donors (Lipinski definition) is 1. The van der Waals surface area contributed by atoms with Crippen LogP contribution < -0.4 is 10.5 Å². The number of nitrogens with two attached hydrogens (primary N) is 1. The van der Waals surface area contributed by atoms with Gasteiger partial charge in [-0.05, 0) is 17.0 Å². The van der Waals surface area contributed by atoms with Crippen LogP contribution in [0.4, 0.5) is 5.69 Å². The smallest absolute Gasteiger partial charge is 0.342 e. The van der Waals surface area contributed by atoms with Crippen molar-refractivity contribution in [3.63, 3.8) is 0 Å². The van der Waals surface area contributed by atoms with Gasteiger partial charge in [0.1, 0.15) is 11.3 Å². The molecule has 0 fully saturated rings. The quantitative estimate of drug-likeness (QED) is 0.479. The second-order valence-corrected chi connectivity index (χ2v) is 7.31. The third-order valence-corrected chi connectivity index (χ3v) is 4.27. The number of ether oxygens (including phenoxy) is 2. The van der Waals surface area contributed by atoms with Gasteiger partial charge in [-0.15, -0.1) is 0 Å². The van der Waals surface area contributed by atoms with E-state index in [4.69, 9.17) is 26.8 Å². The summed E-state index contributed by atoms with van der Waals surface area (Å²) in [4.78, 5) is 24.5. The van der Waals surface area contributed by atoms with Gasteiger partial charge < -0.3 is 15.2 Å². The number of hydrogen-bond acceptors (Lipinski definition) is 5. The zero-order valence-electron chi connectivity index (χ0n) is 15.3. The van der Waals surface area contributed by atoms with Gasteiger partial charge in [-0.1, -0.05) is 56.6 Å². The number of esters is 1. The lowest BCUT2D eigenvalue weighted by Gasteiger charge is -2.19. The Bertz CT molecular complexity index is 823. The number of nitrogen functional groups attached to an aromatic ring is 1. The lowest BCUT2D eigenvalue weighted by Crippen LogP contribution is -2.16. The number of carbonyl (C=O) groups excluding carboxylic acids is 2. The molecule has 6 heteroatoms. The van der Waals surface area contributed by atoms with E-state index in [2.05, 4.69) is 20.8 Å². The zero-order valence-corrected chi connectivity index (χ0v) is 16.0. The van der Waals surface area contributed by atoms with Crippen LogP contribution in [0.15, 0.2) is 36.4 Å². The van der Waals surface area contributed by atoms with Crippen molar-refractivity contribution in [2.45, 2.75) is 26.2 Å². The molecule has 26 heavy (non-hydrogen) atoms. The second-order valence-electron chi connectivity index (χ2n) is 6.90. The van der Waals surface area contributed by atoms with E-state index in [1.54, 1.807) is 12.1 Å². The summed E-state index contributed by atoms with van der Waals surface area (Å²) in [5.41, 5.74) is 7.69. The Balaban J connectivity index is 2.08. The van der Waals surface area contributed by atoms with Gasteiger partial charge >= 0.3 is 5.97 Å². The molecule has 0 aliphatic carbocycles. The third-order valence-electron chi connectivity index (χ3n) is 3.95. The van der Waals surface area contributed by atoms with E-state index in [9.17, 15) is 9.59 Å². The Labute approximate surface area is 158 Å². The summed E-state index contributed by atoms with van der Waals surface area (Å²) in [5, 5.41) is 0.210. The molecule has 138 valence electrons. The van der Waals surface area contributed by atoms with Crippen molar-refractivity contribution >= 4 is 29.0 Å². The monoisotopic (exact) mass is 375 g/mol. The van der Waals surface area contributed by atoms with Crippen molar-refractivity contribution in [1.29, 1.82) is 0 Å². The first-order valence-electron chi connectivity index (χ1n) is 8.07. The molecule has 0 radical (unpaired) electrons. The summed E-state index contributed by atoms with van der Waals surface area (Å²) in [7, 11) is 1.40. The van der Waals surface area contributed by atoms with Gasteiger partial charge in [0.25, 0.3) is 0 Å². The van der Waals surface area contributed by atoms with E-state index in [-0.39, 0.29) is 39.8 Å². The predicted molar refractivity (Wildman–Crippen MR) is 102 cm³/mol. The van der Waals surface area contributed by atoms with Crippen LogP contribution in [0, 0.1) is 0 Å². The average Bonchev–Trinajstić information content (AvgIpc) is 2.60. The van der Waals surface area contributed by atoms with Gasteiger partial charge in [-0.25, -0.2) is 4.79 Å². The van der Waals surface area contributed by atoms with Crippen LogP contribution in [-0.4, -0.2) is 25.5 Å². The molecular weight excluding hydrogens is 354 g/mol. The molecule has 2 rings (SSSR count). The second kappa shape index (κ2) is 7.79. The Kier molecular flexibility index (Phi) is 5.93. The molecule has 0 aliphatic heterocycles. The lowest BCUT2D eigenvalue weighted by atomic mass is 9.86. The van der Waals surface area contributed by atoms with E-state index in [1.807, 2.05) is 12.1 Å². The minimum atomic E-state index is -0.705. The molecule has 0 bridgehead atoms. The molecule has 0 amide bonds. The van der Waals surface area contributed by atoms with Crippen molar-refractivity contribution in [1.82, 2.24) is 0 Å². The number of ketones is 1. The van der Waals surface area contributed by atoms with Gasteiger partial charge in [-0.3, -0.25) is 4.79 Å². The highest BCUT2D eigenvalue weighted by atomic mass is 35.5. The van der Waals surface area contributed by atoms with Crippen molar-refractivity contribution in [3.05, 3.63) is 58.1 Å². The summed E-state index contributed by atoms with van der Waals surface area (Å²) < 4.78 is 10.2. The van der Waals surface area contributed by atoms with Crippen LogP contribution in [0.1, 0.15) is 47.1 Å². The molecule has 0 atom stereocenters. The molecule has 0 unspecified atom stereocenters. The first-order valence-corrected chi connectivity index (χ1v) is 8.45. The molecule has 2 N–H and O–H groups in total. The lowest BCUT2D eigenvalue weighted by molar-refractivity contribution is 0.0471. The van der Waals surface area contributed by atoms with Gasteiger partial charge in [0.2, 0.25) is 0 Å². The summed E-state index contributed by atoms with van der Waals surface area (Å²) in [5.74, 6) is -0.762. The molecule has 2 aromatic carbocycles. The highest BCUT2D eigenvalue weighted by molar-refractivity contribution is 6.33. The minimum Gasteiger partial charge on any atom is -0.496 e. The van der Waals surface area contributed by atoms with Crippen LogP contribution in [0.2, 0.25) is 5.02 Å². The highest BCUT2D eigenvalue weighted by Crippen LogP contribution is 2.29. The van der Waals surface area contributed by atoms with Gasteiger partial charge in [-0.2, -0.15) is 0 Å². The van der Waals surface area contributed by atoms with Crippen LogP contribution in [0.5, 0.6) is 5.75 Å². The van der Waals surface area contributed by atoms with Gasteiger partial charge in [0.15, 0.2) is 12.4 Å². The number of halogens is 1. The Morgan fingerprint density at radius 2 is 1.73 bits per heavy atom. The number of benzene rings is 2. The molecule has 0 saturated carbocycles. The van der Waals surface area contributed by atoms with Crippen molar-refractivity contribution < 1.29 is 19.1 Å². The van der Waals surface area contributed by atoms with E-state index in [0.29, 0.717) is 5.56 Å². The number of methoxy groups -OCH3 is 1. The number of Topliss-reactive ketones (excluding diaryl/α,β-unsaturated/α-hetero) is 1. The Morgan fingerprint density at radius 1 is 1.12 bits per heavy atom. The van der Waals surface area contributed by atoms with Crippen molar-refractivity contribution in [3.8, 4) is 5.75 Å². The summed E-state index contributed by atoms with van der Waals surface area (Å²) in [6.45, 7) is 5.91. The topological polar surface area (TPSA) is 78.6 Å². The standard InChI is InChI=1S/C20H22ClNO4/c1-20(2,3)13-7-5-12(6-8-13)17(23)11-26-19(24)14-9-15(21)16(22)10-18(14)25-4/h5-10H,11,22H2,1-4H3. The van der Waals surface area contributed by atoms with Gasteiger partial charge in [0.05, 0.1) is 17.8 Å². The van der Waals surface area contributed by atoms with E-state index in [1.165, 1.54) is 19.2 Å². The Morgan fingerprint density at radius 3 is 2.27 bits per heavy atom. The highest BCUT2D eigenvalue weighted by Gasteiger charge is 2.19. The molecule has 0 aliphatic rings. The maximum atomic E-state index is 12.3. The maximum Gasteiger partial charge on any atom is 0.342 e. The summed E-state index contributed by atoms with van der Waals surface area (Å²) >= 11 is 5.94. The first kappa shape index (κ1) is 19.8. The van der Waals surface area contributed by atoms with Crippen LogP contribution in [-0.2, 0) is 10.2 Å². The van der Waals surface area contributed by atoms with Crippen LogP contribution >= 0.6 is 11.6 Å². The average molecular weight is 376 g/mol. The largest absolute Gasteiger partial charge is 0.496 e. The number of anilines is 1. The molecule has 2 aromatic rings. The van der Waals surface area contributed by atoms with E-state index < -0.39 is 5.97 Å². The third kappa shape index (κ3) is 4.55. The fourth-order valence-corrected chi connectivity index (χ4v) is 2.51. The fourth-order valence-electron chi connectivity index (χ4n) is 2.35. The molecule has 0 saturated heterocycles. The number of carbonyl (C=O) groups is 2. The number of rotatable bonds is 5. The van der Waals surface area contributed by atoms with Crippen molar-refractivity contribution in [2.24, 2.45) is 0 Å². The zero-order chi connectivity index (χ0) is 19.5. The first-order chi connectivity index (χ1) is 12.1. The van der Waals surface area contributed by atoms with E-state index in [0.717, 1.165) is 5.56 Å². The van der Waals surface area contributed by atoms with Crippen LogP contribution in [0.3, 0.4) is 0 Å². The molecule has 5 nitrogen and oxygen atoms in total. The normalized spacial score (nSPS) is 11.1. The molecular formula is C20H22ClNO4. The SMILES string of the molecule is COc1cc(N)c(Cl)cc1C(=O)OCC(=O)c1ccc(C(C)(C)C)cc1. The molecule has 0 aromatic heterocycles. The fraction of sp³-hybridized carbons (Fsp3) is 0.300.